The van der Waals surface area contributed by atoms with Crippen molar-refractivity contribution in [2.75, 3.05) is 43.0 Å². The van der Waals surface area contributed by atoms with Crippen molar-refractivity contribution >= 4 is 52.4 Å². The number of nitrogens with one attached hydrogen (secondary N) is 3. The highest BCUT2D eigenvalue weighted by molar-refractivity contribution is 7.80. The van der Waals surface area contributed by atoms with Crippen LogP contribution in [0.15, 0.2) is 18.2 Å². The maximum absolute atomic E-state index is 14.5. The molecule has 11 heteroatoms. The second-order valence-corrected chi connectivity index (χ2v) is 8.01. The van der Waals surface area contributed by atoms with Gasteiger partial charge in [-0.2, -0.15) is 0 Å². The summed E-state index contributed by atoms with van der Waals surface area (Å²) in [7, 11) is 0. The van der Waals surface area contributed by atoms with Gasteiger partial charge in [-0.3, -0.25) is 9.69 Å². The summed E-state index contributed by atoms with van der Waals surface area (Å²) in [4.78, 5) is 25.0. The van der Waals surface area contributed by atoms with Crippen LogP contribution in [-0.4, -0.2) is 61.4 Å². The van der Waals surface area contributed by atoms with Crippen LogP contribution < -0.4 is 20.9 Å². The number of carbonyl (C=O) groups excluding carboxylic acids is 2. The molecular weight excluding hydrogens is 447 g/mol. The lowest BCUT2D eigenvalue weighted by Crippen LogP contribution is -2.37. The summed E-state index contributed by atoms with van der Waals surface area (Å²) in [6, 6.07) is 4.44. The van der Waals surface area contributed by atoms with Gasteiger partial charge in [0.1, 0.15) is 17.3 Å². The molecule has 1 fully saturated rings. The normalized spacial score (nSPS) is 16.5. The van der Waals surface area contributed by atoms with Crippen LogP contribution in [0.25, 0.3) is 0 Å². The number of unbranched alkanes of at least 4 members (excludes halogenated alkanes) is 1. The molecule has 1 aliphatic heterocycles. The number of nitrogens with zero attached hydrogens (tertiary/aromatic N) is 1. The van der Waals surface area contributed by atoms with Crippen LogP contribution >= 0.6 is 23.8 Å². The van der Waals surface area contributed by atoms with Crippen LogP contribution in [0.1, 0.15) is 26.7 Å². The SMILES string of the molecule is CCCCOC(=S)NCCNc1ccc(N2C[C@H](CNC(=O)C(C)Cl)OC2=O)cc1F. The van der Waals surface area contributed by atoms with Crippen molar-refractivity contribution in [3.8, 4) is 0 Å². The quantitative estimate of drug-likeness (QED) is 0.258. The summed E-state index contributed by atoms with van der Waals surface area (Å²) in [6.45, 7) is 5.42. The first-order valence-corrected chi connectivity index (χ1v) is 11.0. The number of hydrogen-bond acceptors (Lipinski definition) is 6. The minimum Gasteiger partial charge on any atom is -0.471 e. The highest BCUT2D eigenvalue weighted by Gasteiger charge is 2.33. The van der Waals surface area contributed by atoms with Gasteiger partial charge in [0.05, 0.1) is 31.1 Å². The molecule has 31 heavy (non-hydrogen) atoms. The van der Waals surface area contributed by atoms with Crippen LogP contribution in [0.3, 0.4) is 0 Å². The number of thiocarbonyl (C=S) groups is 1. The monoisotopic (exact) mass is 474 g/mol. The van der Waals surface area contributed by atoms with Crippen molar-refractivity contribution in [1.82, 2.24) is 10.6 Å². The molecule has 2 rings (SSSR count). The molecule has 0 radical (unpaired) electrons. The zero-order valence-corrected chi connectivity index (χ0v) is 19.2. The van der Waals surface area contributed by atoms with Crippen LogP contribution in [0.4, 0.5) is 20.6 Å². The summed E-state index contributed by atoms with van der Waals surface area (Å²) in [5.41, 5.74) is 0.673. The minimum absolute atomic E-state index is 0.136. The van der Waals surface area contributed by atoms with E-state index in [4.69, 9.17) is 33.3 Å². The topological polar surface area (TPSA) is 91.9 Å². The lowest BCUT2D eigenvalue weighted by molar-refractivity contribution is -0.120. The van der Waals surface area contributed by atoms with E-state index in [1.54, 1.807) is 19.1 Å². The Labute approximate surface area is 191 Å². The van der Waals surface area contributed by atoms with Gasteiger partial charge < -0.3 is 25.4 Å². The third kappa shape index (κ3) is 8.02. The lowest BCUT2D eigenvalue weighted by atomic mass is 10.2. The lowest BCUT2D eigenvalue weighted by Gasteiger charge is -2.15. The average Bonchev–Trinajstić information content (AvgIpc) is 3.11. The van der Waals surface area contributed by atoms with Gasteiger partial charge in [0.15, 0.2) is 0 Å². The number of ether oxygens (including phenoxy) is 2. The number of amides is 2. The van der Waals surface area contributed by atoms with E-state index in [0.29, 0.717) is 36.2 Å². The molecule has 1 aromatic carbocycles. The molecule has 0 bridgehead atoms. The number of alkyl halides is 1. The fraction of sp³-hybridized carbons (Fsp3) is 0.550. The number of hydrogen-bond donors (Lipinski definition) is 3. The molecule has 8 nitrogen and oxygen atoms in total. The van der Waals surface area contributed by atoms with E-state index in [2.05, 4.69) is 22.9 Å². The molecule has 1 aromatic rings. The van der Waals surface area contributed by atoms with E-state index in [0.717, 1.165) is 12.8 Å². The van der Waals surface area contributed by atoms with E-state index >= 15 is 0 Å². The molecule has 172 valence electrons. The highest BCUT2D eigenvalue weighted by atomic mass is 35.5. The Morgan fingerprint density at radius 1 is 1.42 bits per heavy atom. The Morgan fingerprint density at radius 2 is 2.19 bits per heavy atom. The zero-order chi connectivity index (χ0) is 22.8. The number of anilines is 2. The van der Waals surface area contributed by atoms with E-state index in [1.165, 1.54) is 11.0 Å². The van der Waals surface area contributed by atoms with Crippen LogP contribution in [0.2, 0.25) is 0 Å². The highest BCUT2D eigenvalue weighted by Crippen LogP contribution is 2.25. The summed E-state index contributed by atoms with van der Waals surface area (Å²) < 4.78 is 25.0. The second kappa shape index (κ2) is 12.5. The predicted octanol–water partition coefficient (Wildman–Crippen LogP) is 3.00. The number of carbonyl (C=O) groups is 2. The number of rotatable bonds is 11. The van der Waals surface area contributed by atoms with Crippen molar-refractivity contribution in [2.24, 2.45) is 0 Å². The predicted molar refractivity (Wildman–Crippen MR) is 122 cm³/mol. The van der Waals surface area contributed by atoms with E-state index in [-0.39, 0.29) is 19.0 Å². The van der Waals surface area contributed by atoms with Crippen molar-refractivity contribution in [2.45, 2.75) is 38.2 Å². The van der Waals surface area contributed by atoms with E-state index in [9.17, 15) is 14.0 Å². The Bertz CT molecular complexity index is 784. The summed E-state index contributed by atoms with van der Waals surface area (Å²) in [6.07, 6.45) is 0.824. The van der Waals surface area contributed by atoms with E-state index in [1.807, 2.05) is 0 Å². The first kappa shape index (κ1) is 24.9. The van der Waals surface area contributed by atoms with Crippen LogP contribution in [0.5, 0.6) is 0 Å². The molecule has 0 aromatic heterocycles. The average molecular weight is 475 g/mol. The third-order valence-corrected chi connectivity index (χ3v) is 4.90. The molecule has 0 saturated carbocycles. The largest absolute Gasteiger partial charge is 0.471 e. The Balaban J connectivity index is 1.80. The van der Waals surface area contributed by atoms with Gasteiger partial charge in [0.25, 0.3) is 5.17 Å². The van der Waals surface area contributed by atoms with E-state index < -0.39 is 23.4 Å². The van der Waals surface area contributed by atoms with Crippen molar-refractivity contribution in [3.05, 3.63) is 24.0 Å². The molecule has 2 amide bonds. The Kier molecular flexibility index (Phi) is 10.1. The maximum atomic E-state index is 14.5. The van der Waals surface area contributed by atoms with Gasteiger partial charge in [0, 0.05) is 13.1 Å². The fourth-order valence-corrected chi connectivity index (χ4v) is 2.99. The van der Waals surface area contributed by atoms with Crippen LogP contribution in [0, 0.1) is 5.82 Å². The smallest absolute Gasteiger partial charge is 0.414 e. The molecule has 0 aliphatic carbocycles. The molecule has 1 saturated heterocycles. The molecule has 1 aliphatic rings. The molecule has 3 N–H and O–H groups in total. The number of halogens is 2. The van der Waals surface area contributed by atoms with Crippen LogP contribution in [-0.2, 0) is 14.3 Å². The fourth-order valence-electron chi connectivity index (χ4n) is 2.73. The van der Waals surface area contributed by atoms with Gasteiger partial charge in [-0.25, -0.2) is 9.18 Å². The summed E-state index contributed by atoms with van der Waals surface area (Å²) >= 11 is 10.7. The van der Waals surface area contributed by atoms with Gasteiger partial charge in [0.2, 0.25) is 5.91 Å². The van der Waals surface area contributed by atoms with Gasteiger partial charge in [-0.1, -0.05) is 13.3 Å². The molecule has 0 spiro atoms. The minimum atomic E-state index is -0.679. The summed E-state index contributed by atoms with van der Waals surface area (Å²) in [5, 5.41) is 8.16. The van der Waals surface area contributed by atoms with Crippen molar-refractivity contribution in [3.63, 3.8) is 0 Å². The Morgan fingerprint density at radius 3 is 2.87 bits per heavy atom. The Hall–Kier alpha value is -2.33. The zero-order valence-electron chi connectivity index (χ0n) is 17.6. The van der Waals surface area contributed by atoms with Crippen molar-refractivity contribution < 1.29 is 23.5 Å². The number of cyclic esters (lactones) is 1. The van der Waals surface area contributed by atoms with Gasteiger partial charge in [-0.15, -0.1) is 11.6 Å². The maximum Gasteiger partial charge on any atom is 0.414 e. The van der Waals surface area contributed by atoms with Gasteiger partial charge in [-0.05, 0) is 43.8 Å². The summed E-state index contributed by atoms with van der Waals surface area (Å²) in [5.74, 6) is -0.847. The molecule has 1 unspecified atom stereocenters. The molecular formula is C20H28ClFN4O4S. The molecule has 2 atom stereocenters. The first-order chi connectivity index (χ1) is 14.8. The number of benzene rings is 1. The van der Waals surface area contributed by atoms with Gasteiger partial charge >= 0.3 is 6.09 Å². The van der Waals surface area contributed by atoms with Crippen molar-refractivity contribution in [1.29, 1.82) is 0 Å². The molecule has 1 heterocycles. The standard InChI is InChI=1S/C20H28ClFN4O4S/c1-3-4-9-29-19(31)24-8-7-23-17-6-5-14(10-16(17)22)26-12-15(30-20(26)28)11-25-18(27)13(2)21/h5-6,10,13,15,23H,3-4,7-9,11-12H2,1-2H3,(H,24,31)(H,25,27)/t13?,15-/m0/s1. The first-order valence-electron chi connectivity index (χ1n) is 10.2. The second-order valence-electron chi connectivity index (χ2n) is 6.98. The third-order valence-electron chi connectivity index (χ3n) is 4.44.